The molecule has 0 radical (unpaired) electrons. The summed E-state index contributed by atoms with van der Waals surface area (Å²) >= 11 is 0. The van der Waals surface area contributed by atoms with E-state index in [-0.39, 0.29) is 5.75 Å². The minimum absolute atomic E-state index is 0.223. The van der Waals surface area contributed by atoms with Gasteiger partial charge in [0.15, 0.2) is 11.6 Å². The minimum atomic E-state index is -0.940. The molecule has 5 heteroatoms. The van der Waals surface area contributed by atoms with Crippen molar-refractivity contribution in [2.24, 2.45) is 0 Å². The maximum Gasteiger partial charge on any atom is 0.223 e. The van der Waals surface area contributed by atoms with Gasteiger partial charge < -0.3 is 10.1 Å². The SMILES string of the molecule is CCC[C@H](C)NCc1cccnc1Oc1ccc(F)c(F)c1. The molecule has 1 heterocycles. The van der Waals surface area contributed by atoms with Gasteiger partial charge in [-0.05, 0) is 31.5 Å². The van der Waals surface area contributed by atoms with Gasteiger partial charge in [-0.1, -0.05) is 19.4 Å². The van der Waals surface area contributed by atoms with Crippen LogP contribution in [0.4, 0.5) is 8.78 Å². The zero-order valence-corrected chi connectivity index (χ0v) is 12.8. The molecule has 1 atom stereocenters. The first-order chi connectivity index (χ1) is 10.6. The van der Waals surface area contributed by atoms with Crippen LogP contribution in [0.1, 0.15) is 32.3 Å². The molecule has 0 amide bonds. The summed E-state index contributed by atoms with van der Waals surface area (Å²) < 4.78 is 31.8. The minimum Gasteiger partial charge on any atom is -0.439 e. The molecule has 1 aromatic heterocycles. The largest absolute Gasteiger partial charge is 0.439 e. The zero-order valence-electron chi connectivity index (χ0n) is 12.8. The molecule has 0 aliphatic carbocycles. The van der Waals surface area contributed by atoms with Crippen molar-refractivity contribution in [1.29, 1.82) is 0 Å². The van der Waals surface area contributed by atoms with Crippen LogP contribution in [0.15, 0.2) is 36.5 Å². The van der Waals surface area contributed by atoms with Crippen molar-refractivity contribution >= 4 is 0 Å². The lowest BCUT2D eigenvalue weighted by molar-refractivity contribution is 0.435. The highest BCUT2D eigenvalue weighted by Gasteiger charge is 2.09. The average molecular weight is 306 g/mol. The van der Waals surface area contributed by atoms with Crippen molar-refractivity contribution in [2.45, 2.75) is 39.3 Å². The van der Waals surface area contributed by atoms with E-state index < -0.39 is 11.6 Å². The monoisotopic (exact) mass is 306 g/mol. The Morgan fingerprint density at radius 3 is 2.77 bits per heavy atom. The van der Waals surface area contributed by atoms with E-state index in [2.05, 4.69) is 24.1 Å². The van der Waals surface area contributed by atoms with Gasteiger partial charge in [0.1, 0.15) is 5.75 Å². The van der Waals surface area contributed by atoms with Crippen molar-refractivity contribution in [3.05, 3.63) is 53.7 Å². The van der Waals surface area contributed by atoms with Gasteiger partial charge >= 0.3 is 0 Å². The Bertz CT molecular complexity index is 619. The van der Waals surface area contributed by atoms with Crippen LogP contribution in [0.25, 0.3) is 0 Å². The van der Waals surface area contributed by atoms with E-state index in [9.17, 15) is 8.78 Å². The molecule has 22 heavy (non-hydrogen) atoms. The van der Waals surface area contributed by atoms with Crippen molar-refractivity contribution < 1.29 is 13.5 Å². The normalized spacial score (nSPS) is 12.2. The van der Waals surface area contributed by atoms with Crippen molar-refractivity contribution in [1.82, 2.24) is 10.3 Å². The van der Waals surface area contributed by atoms with Gasteiger partial charge in [0, 0.05) is 30.4 Å². The van der Waals surface area contributed by atoms with E-state index in [1.54, 1.807) is 6.20 Å². The lowest BCUT2D eigenvalue weighted by Gasteiger charge is -2.14. The van der Waals surface area contributed by atoms with E-state index in [0.717, 1.165) is 30.5 Å². The molecular formula is C17H20F2N2O. The highest BCUT2D eigenvalue weighted by Crippen LogP contribution is 2.24. The second-order valence-electron chi connectivity index (χ2n) is 5.22. The molecule has 0 unspecified atom stereocenters. The van der Waals surface area contributed by atoms with Crippen LogP contribution in [-0.2, 0) is 6.54 Å². The summed E-state index contributed by atoms with van der Waals surface area (Å²) in [7, 11) is 0. The molecule has 2 aromatic rings. The fourth-order valence-electron chi connectivity index (χ4n) is 2.12. The summed E-state index contributed by atoms with van der Waals surface area (Å²) in [5.41, 5.74) is 0.871. The zero-order chi connectivity index (χ0) is 15.9. The topological polar surface area (TPSA) is 34.2 Å². The Kier molecular flexibility index (Phi) is 5.83. The number of ether oxygens (including phenoxy) is 1. The Morgan fingerprint density at radius 2 is 2.05 bits per heavy atom. The number of halogens is 2. The molecule has 0 saturated heterocycles. The molecule has 118 valence electrons. The molecule has 2 rings (SSSR count). The smallest absolute Gasteiger partial charge is 0.223 e. The predicted molar refractivity (Wildman–Crippen MR) is 81.9 cm³/mol. The Morgan fingerprint density at radius 1 is 1.23 bits per heavy atom. The van der Waals surface area contributed by atoms with Crippen molar-refractivity contribution in [3.63, 3.8) is 0 Å². The lowest BCUT2D eigenvalue weighted by atomic mass is 10.2. The molecule has 0 bridgehead atoms. The lowest BCUT2D eigenvalue weighted by Crippen LogP contribution is -2.25. The summed E-state index contributed by atoms with van der Waals surface area (Å²) in [6, 6.07) is 7.54. The van der Waals surface area contributed by atoms with Crippen LogP contribution in [-0.4, -0.2) is 11.0 Å². The van der Waals surface area contributed by atoms with Crippen molar-refractivity contribution in [2.75, 3.05) is 0 Å². The van der Waals surface area contributed by atoms with Crippen LogP contribution in [0.3, 0.4) is 0 Å². The molecule has 0 fully saturated rings. The number of rotatable bonds is 7. The fourth-order valence-corrected chi connectivity index (χ4v) is 2.12. The molecule has 3 nitrogen and oxygen atoms in total. The van der Waals surface area contributed by atoms with Gasteiger partial charge in [-0.3, -0.25) is 0 Å². The Balaban J connectivity index is 2.09. The van der Waals surface area contributed by atoms with Crippen LogP contribution in [0, 0.1) is 11.6 Å². The number of hydrogen-bond acceptors (Lipinski definition) is 3. The highest BCUT2D eigenvalue weighted by molar-refractivity contribution is 5.32. The summed E-state index contributed by atoms with van der Waals surface area (Å²) in [4.78, 5) is 4.17. The van der Waals surface area contributed by atoms with Crippen LogP contribution < -0.4 is 10.1 Å². The summed E-state index contributed by atoms with van der Waals surface area (Å²) in [6.45, 7) is 4.86. The number of aromatic nitrogens is 1. The second-order valence-corrected chi connectivity index (χ2v) is 5.22. The van der Waals surface area contributed by atoms with Gasteiger partial charge in [0.25, 0.3) is 0 Å². The maximum absolute atomic E-state index is 13.2. The number of hydrogen-bond donors (Lipinski definition) is 1. The first-order valence-corrected chi connectivity index (χ1v) is 7.40. The first-order valence-electron chi connectivity index (χ1n) is 7.40. The third-order valence-electron chi connectivity index (χ3n) is 3.32. The Hall–Kier alpha value is -2.01. The molecule has 0 saturated carbocycles. The Labute approximate surface area is 129 Å². The van der Waals surface area contributed by atoms with Gasteiger partial charge in [0.2, 0.25) is 5.88 Å². The van der Waals surface area contributed by atoms with Gasteiger partial charge in [-0.25, -0.2) is 13.8 Å². The quantitative estimate of drug-likeness (QED) is 0.821. The highest BCUT2D eigenvalue weighted by atomic mass is 19.2. The van der Waals surface area contributed by atoms with Gasteiger partial charge in [-0.15, -0.1) is 0 Å². The third-order valence-corrected chi connectivity index (χ3v) is 3.32. The van der Waals surface area contributed by atoms with E-state index in [4.69, 9.17) is 4.74 Å². The predicted octanol–water partition coefficient (Wildman–Crippen LogP) is 4.43. The number of nitrogens with one attached hydrogen (secondary N) is 1. The standard InChI is InChI=1S/C17H20F2N2O/c1-3-5-12(2)21-11-13-6-4-9-20-17(13)22-14-7-8-15(18)16(19)10-14/h4,6-10,12,21H,3,5,11H2,1-2H3/t12-/m0/s1. The van der Waals surface area contributed by atoms with E-state index in [1.807, 2.05) is 12.1 Å². The van der Waals surface area contributed by atoms with Crippen molar-refractivity contribution in [3.8, 4) is 11.6 Å². The molecule has 0 spiro atoms. The molecule has 0 aliphatic heterocycles. The molecule has 1 N–H and O–H groups in total. The molecule has 0 aliphatic rings. The number of benzene rings is 1. The molecular weight excluding hydrogens is 286 g/mol. The van der Waals surface area contributed by atoms with Crippen LogP contribution in [0.5, 0.6) is 11.6 Å². The summed E-state index contributed by atoms with van der Waals surface area (Å²) in [6.07, 6.45) is 3.80. The fraction of sp³-hybridized carbons (Fsp3) is 0.353. The van der Waals surface area contributed by atoms with E-state index in [0.29, 0.717) is 18.5 Å². The first kappa shape index (κ1) is 16.4. The van der Waals surface area contributed by atoms with Gasteiger partial charge in [-0.2, -0.15) is 0 Å². The van der Waals surface area contributed by atoms with Crippen LogP contribution in [0.2, 0.25) is 0 Å². The van der Waals surface area contributed by atoms with Crippen LogP contribution >= 0.6 is 0 Å². The molecule has 1 aromatic carbocycles. The van der Waals surface area contributed by atoms with E-state index >= 15 is 0 Å². The van der Waals surface area contributed by atoms with Gasteiger partial charge in [0.05, 0.1) is 0 Å². The third kappa shape index (κ3) is 4.49. The summed E-state index contributed by atoms with van der Waals surface area (Å²) in [5, 5.41) is 3.39. The average Bonchev–Trinajstić information content (AvgIpc) is 2.50. The number of pyridine rings is 1. The van der Waals surface area contributed by atoms with E-state index in [1.165, 1.54) is 6.07 Å². The number of nitrogens with zero attached hydrogens (tertiary/aromatic N) is 1. The second kappa shape index (κ2) is 7.84. The summed E-state index contributed by atoms with van der Waals surface area (Å²) in [5.74, 6) is -1.22. The maximum atomic E-state index is 13.2.